The van der Waals surface area contributed by atoms with Gasteiger partial charge in [0.1, 0.15) is 10.7 Å². The Labute approximate surface area is 196 Å². The minimum Gasteiger partial charge on any atom is -0.356 e. The lowest BCUT2D eigenvalue weighted by atomic mass is 9.94. The third kappa shape index (κ3) is 5.19. The largest absolute Gasteiger partial charge is 0.356 e. The molecule has 0 radical (unpaired) electrons. The fraction of sp³-hybridized carbons (Fsp3) is 0.385. The van der Waals surface area contributed by atoms with E-state index in [0.29, 0.717) is 55.2 Å². The summed E-state index contributed by atoms with van der Waals surface area (Å²) >= 11 is 0. The van der Waals surface area contributed by atoms with Crippen molar-refractivity contribution in [2.45, 2.75) is 39.5 Å². The first-order valence-corrected chi connectivity index (χ1v) is 13.0. The molecule has 0 unspecified atom stereocenters. The van der Waals surface area contributed by atoms with Gasteiger partial charge in [0, 0.05) is 31.1 Å². The van der Waals surface area contributed by atoms with Crippen LogP contribution in [0.3, 0.4) is 0 Å². The van der Waals surface area contributed by atoms with Crippen LogP contribution < -0.4 is 5.32 Å². The summed E-state index contributed by atoms with van der Waals surface area (Å²) in [6.45, 7) is 5.81. The third-order valence-corrected chi connectivity index (χ3v) is 7.81. The van der Waals surface area contributed by atoms with Crippen molar-refractivity contribution in [2.75, 3.05) is 19.6 Å². The minimum absolute atomic E-state index is 0.0544. The average Bonchev–Trinajstić information content (AvgIpc) is 3.10. The van der Waals surface area contributed by atoms with Gasteiger partial charge in [0.15, 0.2) is 0 Å². The number of carbonyl (C=O) groups excluding carboxylic acids is 1. The molecule has 0 saturated carbocycles. The van der Waals surface area contributed by atoms with Crippen LogP contribution in [0.25, 0.3) is 4.91 Å². The van der Waals surface area contributed by atoms with Crippen molar-refractivity contribution < 1.29 is 13.2 Å². The summed E-state index contributed by atoms with van der Waals surface area (Å²) in [5.41, 5.74) is 3.74. The molecule has 2 aromatic carbocycles. The van der Waals surface area contributed by atoms with Gasteiger partial charge in [0.05, 0.1) is 0 Å². The van der Waals surface area contributed by atoms with Gasteiger partial charge in [-0.05, 0) is 43.7 Å². The molecule has 0 atom stereocenters. The zero-order chi connectivity index (χ0) is 23.4. The smallest absolute Gasteiger partial charge is 0.285 e. The number of hydrogen-bond donors (Lipinski definition) is 1. The lowest BCUT2D eigenvalue weighted by molar-refractivity contribution is -0.126. The number of piperidine rings is 1. The number of aryl methyl sites for hydroxylation is 1. The molecule has 0 aromatic heterocycles. The summed E-state index contributed by atoms with van der Waals surface area (Å²) in [7, 11) is -3.73. The number of carbonyl (C=O) groups is 1. The molecule has 0 aliphatic carbocycles. The monoisotopic (exact) mass is 465 g/mol. The van der Waals surface area contributed by atoms with Crippen LogP contribution in [-0.4, -0.2) is 44.7 Å². The quantitative estimate of drug-likeness (QED) is 0.701. The second-order valence-electron chi connectivity index (χ2n) is 8.71. The summed E-state index contributed by atoms with van der Waals surface area (Å²) in [4.78, 5) is 15.0. The summed E-state index contributed by atoms with van der Waals surface area (Å²) in [6.07, 6.45) is 2.77. The van der Waals surface area contributed by atoms with Gasteiger partial charge in [-0.1, -0.05) is 67.1 Å². The van der Waals surface area contributed by atoms with Crippen LogP contribution in [-0.2, 0) is 21.2 Å². The number of amidine groups is 1. The number of sulfonamides is 1. The van der Waals surface area contributed by atoms with Crippen molar-refractivity contribution in [1.82, 2.24) is 10.2 Å². The zero-order valence-corrected chi connectivity index (χ0v) is 20.1. The Morgan fingerprint density at radius 1 is 1.06 bits per heavy atom. The highest BCUT2D eigenvalue weighted by Gasteiger charge is 2.36. The maximum atomic E-state index is 12.9. The van der Waals surface area contributed by atoms with Gasteiger partial charge in [-0.2, -0.15) is 8.42 Å². The molecule has 1 amide bonds. The van der Waals surface area contributed by atoms with Gasteiger partial charge in [-0.15, -0.1) is 4.40 Å². The lowest BCUT2D eigenvalue weighted by Crippen LogP contribution is -2.43. The normalized spacial score (nSPS) is 18.4. The molecule has 6 nitrogen and oxygen atoms in total. The molecular weight excluding hydrogens is 434 g/mol. The van der Waals surface area contributed by atoms with Crippen molar-refractivity contribution in [2.24, 2.45) is 10.3 Å². The van der Waals surface area contributed by atoms with Crippen LogP contribution in [0.15, 0.2) is 64.6 Å². The lowest BCUT2D eigenvalue weighted by Gasteiger charge is -2.33. The first kappa shape index (κ1) is 23.2. The molecule has 0 bridgehead atoms. The predicted molar refractivity (Wildman–Crippen MR) is 132 cm³/mol. The molecule has 4 rings (SSSR count). The number of nitrogens with one attached hydrogen (secondary N) is 1. The highest BCUT2D eigenvalue weighted by molar-refractivity contribution is 8.00. The SMILES string of the molecule is CCC1=C(c2ccc(C)cc2)S(=O)(=O)N=C1N1CCC(C(=O)NCCc2ccccc2)CC1. The molecule has 7 heteroatoms. The Kier molecular flexibility index (Phi) is 6.98. The maximum absolute atomic E-state index is 12.9. The van der Waals surface area contributed by atoms with E-state index >= 15 is 0 Å². The van der Waals surface area contributed by atoms with Crippen molar-refractivity contribution in [3.8, 4) is 0 Å². The number of amides is 1. The fourth-order valence-corrected chi connectivity index (χ4v) is 6.07. The van der Waals surface area contributed by atoms with E-state index in [1.807, 2.05) is 61.2 Å². The van der Waals surface area contributed by atoms with E-state index in [1.54, 1.807) is 0 Å². The van der Waals surface area contributed by atoms with E-state index < -0.39 is 10.0 Å². The van der Waals surface area contributed by atoms with Crippen LogP contribution in [0, 0.1) is 12.8 Å². The summed E-state index contributed by atoms with van der Waals surface area (Å²) < 4.78 is 30.1. The number of likely N-dealkylation sites (tertiary alicyclic amines) is 1. The second-order valence-corrected chi connectivity index (χ2v) is 10.2. The Bertz CT molecular complexity index is 1160. The van der Waals surface area contributed by atoms with Crippen molar-refractivity contribution >= 4 is 26.7 Å². The second kappa shape index (κ2) is 9.91. The summed E-state index contributed by atoms with van der Waals surface area (Å²) in [5, 5.41) is 3.06. The number of nitrogens with zero attached hydrogens (tertiary/aromatic N) is 2. The van der Waals surface area contributed by atoms with Crippen LogP contribution in [0.2, 0.25) is 0 Å². The first-order valence-electron chi connectivity index (χ1n) is 11.6. The third-order valence-electron chi connectivity index (χ3n) is 6.40. The first-order chi connectivity index (χ1) is 15.9. The molecule has 174 valence electrons. The highest BCUT2D eigenvalue weighted by Crippen LogP contribution is 2.36. The van der Waals surface area contributed by atoms with E-state index in [9.17, 15) is 13.2 Å². The van der Waals surface area contributed by atoms with Crippen LogP contribution in [0.5, 0.6) is 0 Å². The van der Waals surface area contributed by atoms with Gasteiger partial charge in [-0.3, -0.25) is 4.79 Å². The van der Waals surface area contributed by atoms with E-state index in [-0.39, 0.29) is 11.8 Å². The van der Waals surface area contributed by atoms with Gasteiger partial charge in [-0.25, -0.2) is 0 Å². The number of hydrogen-bond acceptors (Lipinski definition) is 4. The van der Waals surface area contributed by atoms with Crippen LogP contribution in [0.1, 0.15) is 42.9 Å². The molecule has 1 N–H and O–H groups in total. The van der Waals surface area contributed by atoms with E-state index in [1.165, 1.54) is 5.56 Å². The molecule has 0 spiro atoms. The standard InChI is InChI=1S/C26H31N3O3S/c1-3-23-24(21-11-9-19(2)10-12-21)33(31,32)28-25(23)29-17-14-22(15-18-29)26(30)27-16-13-20-7-5-4-6-8-20/h4-12,22H,3,13-18H2,1-2H3,(H,27,30). The average molecular weight is 466 g/mol. The van der Waals surface area contributed by atoms with Gasteiger partial charge in [0.2, 0.25) is 5.91 Å². The summed E-state index contributed by atoms with van der Waals surface area (Å²) in [5.74, 6) is 0.579. The zero-order valence-electron chi connectivity index (χ0n) is 19.3. The molecule has 2 aliphatic rings. The molecular formula is C26H31N3O3S. The van der Waals surface area contributed by atoms with Crippen molar-refractivity contribution in [1.29, 1.82) is 0 Å². The minimum atomic E-state index is -3.73. The van der Waals surface area contributed by atoms with Crippen molar-refractivity contribution in [3.63, 3.8) is 0 Å². The van der Waals surface area contributed by atoms with Crippen molar-refractivity contribution in [3.05, 3.63) is 76.9 Å². The Morgan fingerprint density at radius 2 is 1.73 bits per heavy atom. The fourth-order valence-electron chi connectivity index (χ4n) is 4.54. The predicted octanol–water partition coefficient (Wildman–Crippen LogP) is 3.93. The molecule has 1 fully saturated rings. The molecule has 2 aliphatic heterocycles. The Balaban J connectivity index is 1.39. The van der Waals surface area contributed by atoms with E-state index in [0.717, 1.165) is 17.6 Å². The van der Waals surface area contributed by atoms with E-state index in [4.69, 9.17) is 0 Å². The van der Waals surface area contributed by atoms with Gasteiger partial charge in [0.25, 0.3) is 10.0 Å². The van der Waals surface area contributed by atoms with E-state index in [2.05, 4.69) is 21.8 Å². The number of benzene rings is 2. The highest BCUT2D eigenvalue weighted by atomic mass is 32.2. The molecule has 1 saturated heterocycles. The molecule has 2 aromatic rings. The number of rotatable bonds is 6. The molecule has 2 heterocycles. The topological polar surface area (TPSA) is 78.8 Å². The van der Waals surface area contributed by atoms with Crippen LogP contribution in [0.4, 0.5) is 0 Å². The summed E-state index contributed by atoms with van der Waals surface area (Å²) in [6, 6.07) is 17.7. The Hall–Kier alpha value is -2.93. The molecule has 33 heavy (non-hydrogen) atoms. The van der Waals surface area contributed by atoms with Gasteiger partial charge >= 0.3 is 0 Å². The van der Waals surface area contributed by atoms with Crippen LogP contribution >= 0.6 is 0 Å². The van der Waals surface area contributed by atoms with Gasteiger partial charge < -0.3 is 10.2 Å². The Morgan fingerprint density at radius 3 is 2.36 bits per heavy atom. The maximum Gasteiger partial charge on any atom is 0.285 e.